The van der Waals surface area contributed by atoms with Crippen molar-refractivity contribution in [1.82, 2.24) is 5.32 Å². The number of para-hydroxylation sites is 1. The summed E-state index contributed by atoms with van der Waals surface area (Å²) in [7, 11) is 0. The zero-order valence-corrected chi connectivity index (χ0v) is 29.9. The molecule has 0 radical (unpaired) electrons. The Morgan fingerprint density at radius 2 is 1.26 bits per heavy atom. The number of nitrogens with zero attached hydrogens (tertiary/aromatic N) is 2. The lowest BCUT2D eigenvalue weighted by Gasteiger charge is -2.23. The number of aliphatic imine (C=N–C) groups is 2. The highest BCUT2D eigenvalue weighted by Crippen LogP contribution is 2.41. The first-order chi connectivity index (χ1) is 26.7. The van der Waals surface area contributed by atoms with Crippen molar-refractivity contribution < 1.29 is 4.42 Å². The lowest BCUT2D eigenvalue weighted by molar-refractivity contribution is 0.664. The van der Waals surface area contributed by atoms with E-state index in [2.05, 4.69) is 182 Å². The van der Waals surface area contributed by atoms with Crippen LogP contribution in [0.3, 0.4) is 0 Å². The minimum atomic E-state index is -0.482. The Bertz CT molecular complexity index is 2840. The first-order valence-corrected chi connectivity index (χ1v) is 18.7. The number of hydrogen-bond acceptors (Lipinski definition) is 4. The number of allylic oxidation sites excluding steroid dienone is 4. The van der Waals surface area contributed by atoms with E-state index in [1.54, 1.807) is 0 Å². The van der Waals surface area contributed by atoms with Crippen LogP contribution in [0.1, 0.15) is 41.8 Å². The van der Waals surface area contributed by atoms with Crippen molar-refractivity contribution in [3.63, 3.8) is 0 Å². The van der Waals surface area contributed by atoms with E-state index < -0.39 is 6.17 Å². The van der Waals surface area contributed by atoms with Crippen LogP contribution in [0, 0.1) is 5.92 Å². The summed E-state index contributed by atoms with van der Waals surface area (Å²) in [6.45, 7) is 2.28. The van der Waals surface area contributed by atoms with E-state index in [9.17, 15) is 0 Å². The Labute approximate surface area is 314 Å². The minimum Gasteiger partial charge on any atom is -0.455 e. The molecule has 0 amide bonds. The number of hydrogen-bond donors (Lipinski definition) is 1. The van der Waals surface area contributed by atoms with E-state index in [1.807, 2.05) is 6.07 Å². The Morgan fingerprint density at radius 3 is 2.11 bits per heavy atom. The zero-order chi connectivity index (χ0) is 36.0. The third-order valence-electron chi connectivity index (χ3n) is 10.8. The second kappa shape index (κ2) is 13.3. The lowest BCUT2D eigenvalue weighted by atomic mass is 9.87. The molecular weight excluding hydrogens is 659 g/mol. The fraction of sp³-hybridized carbons (Fsp3) is 0.0800. The maximum absolute atomic E-state index is 6.71. The van der Waals surface area contributed by atoms with Crippen molar-refractivity contribution in [3.05, 3.63) is 198 Å². The molecule has 0 saturated heterocycles. The van der Waals surface area contributed by atoms with Gasteiger partial charge < -0.3 is 9.73 Å². The molecular formula is C50H37N3O. The standard InChI is InChI=1S/C50H37N3O/c1-32-15-8-10-22-37(32)41-25-13-26-42-46-43(27-14-28-45(46)54-47(41)42)50-52-48(35-19-6-3-7-20-35)51-49(53-50)36-29-30-40(44(31-36)34-16-4-2-5-17-34)39-24-12-21-33-18-9-11-23-38(33)39/h2-14,16-32,49H,15H2,1H3,(H,51,52,53). The Hall–Kier alpha value is -6.78. The molecule has 0 spiro atoms. The number of fused-ring (bicyclic) bond motifs is 4. The van der Waals surface area contributed by atoms with Crippen LogP contribution < -0.4 is 5.32 Å². The largest absolute Gasteiger partial charge is 0.455 e. The monoisotopic (exact) mass is 695 g/mol. The van der Waals surface area contributed by atoms with E-state index >= 15 is 0 Å². The molecule has 2 atom stereocenters. The van der Waals surface area contributed by atoms with E-state index in [0.29, 0.717) is 5.92 Å². The van der Waals surface area contributed by atoms with Crippen LogP contribution in [-0.2, 0) is 0 Å². The number of rotatable bonds is 6. The van der Waals surface area contributed by atoms with Crippen LogP contribution in [0.2, 0.25) is 0 Å². The molecule has 258 valence electrons. The first-order valence-electron chi connectivity index (χ1n) is 18.7. The number of nitrogens with one attached hydrogen (secondary N) is 1. The van der Waals surface area contributed by atoms with Gasteiger partial charge in [-0.25, -0.2) is 9.98 Å². The minimum absolute atomic E-state index is 0.413. The van der Waals surface area contributed by atoms with Crippen molar-refractivity contribution >= 4 is 50.0 Å². The van der Waals surface area contributed by atoms with Crippen LogP contribution in [0.15, 0.2) is 190 Å². The number of benzene rings is 7. The molecule has 0 saturated carbocycles. The highest BCUT2D eigenvalue weighted by Gasteiger charge is 2.26. The first kappa shape index (κ1) is 31.9. The predicted molar refractivity (Wildman–Crippen MR) is 225 cm³/mol. The smallest absolute Gasteiger partial charge is 0.169 e. The van der Waals surface area contributed by atoms with Crippen LogP contribution in [0.5, 0.6) is 0 Å². The molecule has 54 heavy (non-hydrogen) atoms. The second-order valence-electron chi connectivity index (χ2n) is 14.2. The molecule has 1 aliphatic heterocycles. The van der Waals surface area contributed by atoms with Crippen molar-refractivity contribution in [2.45, 2.75) is 19.5 Å². The fourth-order valence-corrected chi connectivity index (χ4v) is 8.13. The lowest BCUT2D eigenvalue weighted by Crippen LogP contribution is -2.36. The highest BCUT2D eigenvalue weighted by molar-refractivity contribution is 6.24. The molecule has 0 bridgehead atoms. The molecule has 8 aromatic rings. The van der Waals surface area contributed by atoms with Gasteiger partial charge >= 0.3 is 0 Å². The molecule has 2 heterocycles. The number of furan rings is 1. The van der Waals surface area contributed by atoms with Gasteiger partial charge in [-0.3, -0.25) is 0 Å². The summed E-state index contributed by atoms with van der Waals surface area (Å²) in [6, 6.07) is 55.6. The van der Waals surface area contributed by atoms with E-state index in [-0.39, 0.29) is 0 Å². The van der Waals surface area contributed by atoms with E-state index in [0.717, 1.165) is 73.4 Å². The molecule has 2 unspecified atom stereocenters. The molecule has 1 aromatic heterocycles. The maximum atomic E-state index is 6.71. The topological polar surface area (TPSA) is 49.9 Å². The molecule has 4 heteroatoms. The number of amidine groups is 2. The summed E-state index contributed by atoms with van der Waals surface area (Å²) >= 11 is 0. The van der Waals surface area contributed by atoms with Crippen LogP contribution in [0.25, 0.3) is 60.5 Å². The molecule has 4 nitrogen and oxygen atoms in total. The summed E-state index contributed by atoms with van der Waals surface area (Å²) in [5, 5.41) is 8.23. The normalized spacial score (nSPS) is 16.9. The maximum Gasteiger partial charge on any atom is 0.169 e. The third kappa shape index (κ3) is 5.55. The molecule has 2 aliphatic rings. The SMILES string of the molecule is CC1CC=CC=C1c1cccc2c1oc1cccc(C3=NC(c4ccc(-c5cccc6ccccc56)c(-c5ccccc5)c4)N=C(c4ccccc4)N3)c12. The van der Waals surface area contributed by atoms with Crippen LogP contribution in [0.4, 0.5) is 0 Å². The summed E-state index contributed by atoms with van der Waals surface area (Å²) in [5.41, 5.74) is 11.9. The molecule has 1 aliphatic carbocycles. The van der Waals surface area contributed by atoms with Gasteiger partial charge in [0.1, 0.15) is 22.8 Å². The van der Waals surface area contributed by atoms with Gasteiger partial charge in [0.25, 0.3) is 0 Å². The summed E-state index contributed by atoms with van der Waals surface area (Å²) in [6.07, 6.45) is 7.16. The second-order valence-corrected chi connectivity index (χ2v) is 14.2. The van der Waals surface area contributed by atoms with E-state index in [1.165, 1.54) is 27.5 Å². The average molecular weight is 696 g/mol. The van der Waals surface area contributed by atoms with Crippen LogP contribution in [-0.4, -0.2) is 11.7 Å². The van der Waals surface area contributed by atoms with Crippen molar-refractivity contribution in [2.75, 3.05) is 0 Å². The summed E-state index contributed by atoms with van der Waals surface area (Å²) < 4.78 is 6.71. The van der Waals surface area contributed by atoms with Gasteiger partial charge in [0, 0.05) is 27.5 Å². The Kier molecular flexibility index (Phi) is 7.88. The molecule has 10 rings (SSSR count). The zero-order valence-electron chi connectivity index (χ0n) is 29.9. The van der Waals surface area contributed by atoms with Gasteiger partial charge in [-0.1, -0.05) is 171 Å². The van der Waals surface area contributed by atoms with Crippen molar-refractivity contribution in [1.29, 1.82) is 0 Å². The summed E-state index contributed by atoms with van der Waals surface area (Å²) in [4.78, 5) is 10.7. The highest BCUT2D eigenvalue weighted by atomic mass is 16.3. The van der Waals surface area contributed by atoms with Crippen LogP contribution >= 0.6 is 0 Å². The van der Waals surface area contributed by atoms with Gasteiger partial charge in [0.2, 0.25) is 0 Å². The third-order valence-corrected chi connectivity index (χ3v) is 10.8. The summed E-state index contributed by atoms with van der Waals surface area (Å²) in [5.74, 6) is 1.96. The van der Waals surface area contributed by atoms with Crippen molar-refractivity contribution in [3.8, 4) is 22.3 Å². The fourth-order valence-electron chi connectivity index (χ4n) is 8.13. The Morgan fingerprint density at radius 1 is 0.574 bits per heavy atom. The van der Waals surface area contributed by atoms with Gasteiger partial charge in [0.05, 0.1) is 0 Å². The Balaban J connectivity index is 1.16. The van der Waals surface area contributed by atoms with Crippen molar-refractivity contribution in [2.24, 2.45) is 15.9 Å². The van der Waals surface area contributed by atoms with Gasteiger partial charge in [-0.2, -0.15) is 0 Å². The van der Waals surface area contributed by atoms with E-state index in [4.69, 9.17) is 14.4 Å². The quantitative estimate of drug-likeness (QED) is 0.188. The van der Waals surface area contributed by atoms with Gasteiger partial charge in [0.15, 0.2) is 6.17 Å². The average Bonchev–Trinajstić information content (AvgIpc) is 3.63. The molecule has 1 N–H and O–H groups in total. The molecule has 0 fully saturated rings. The van der Waals surface area contributed by atoms with Gasteiger partial charge in [-0.15, -0.1) is 0 Å². The predicted octanol–water partition coefficient (Wildman–Crippen LogP) is 12.5. The molecule has 7 aromatic carbocycles. The van der Waals surface area contributed by atoms with Gasteiger partial charge in [-0.05, 0) is 68.6 Å².